The molecule has 0 bridgehead atoms. The summed E-state index contributed by atoms with van der Waals surface area (Å²) < 4.78 is 15.3. The molecule has 10 nitrogen and oxygen atoms in total. The second kappa shape index (κ2) is 8.56. The van der Waals surface area contributed by atoms with E-state index in [1.54, 1.807) is 13.8 Å². The Balaban J connectivity index is 2.13. The number of rotatable bonds is 9. The molecule has 1 amide bonds. The molecule has 1 saturated carbocycles. The zero-order valence-electron chi connectivity index (χ0n) is 15.8. The molecule has 0 heterocycles. The Morgan fingerprint density at radius 2 is 2.07 bits per heavy atom. The molecular weight excluding hydrogens is 370 g/mol. The van der Waals surface area contributed by atoms with Gasteiger partial charge in [-0.3, -0.25) is 14.9 Å². The highest BCUT2D eigenvalue weighted by Gasteiger charge is 2.43. The number of ether oxygens (including phenoxy) is 3. The predicted molar refractivity (Wildman–Crippen MR) is 96.0 cm³/mol. The van der Waals surface area contributed by atoms with Crippen molar-refractivity contribution in [2.24, 2.45) is 5.92 Å². The maximum absolute atomic E-state index is 12.3. The summed E-state index contributed by atoms with van der Waals surface area (Å²) in [5.74, 6) is -1.43. The van der Waals surface area contributed by atoms with Crippen LogP contribution in [0.25, 0.3) is 0 Å². The third-order valence-corrected chi connectivity index (χ3v) is 4.36. The monoisotopic (exact) mass is 391 g/mol. The van der Waals surface area contributed by atoms with Crippen molar-refractivity contribution in [2.45, 2.75) is 32.2 Å². The number of carbonyl (C=O) groups excluding carboxylic acids is 2. The van der Waals surface area contributed by atoms with Gasteiger partial charge in [0.15, 0.2) is 18.1 Å². The van der Waals surface area contributed by atoms with Gasteiger partial charge in [-0.25, -0.2) is 4.79 Å². The maximum Gasteiger partial charge on any atom is 0.345 e. The molecule has 10 heteroatoms. The second-order valence-corrected chi connectivity index (χ2v) is 6.42. The molecule has 0 saturated heterocycles. The van der Waals surface area contributed by atoms with E-state index in [2.05, 4.69) is 11.4 Å². The van der Waals surface area contributed by atoms with Crippen molar-refractivity contribution in [1.82, 2.24) is 5.32 Å². The van der Waals surface area contributed by atoms with E-state index in [4.69, 9.17) is 14.2 Å². The minimum absolute atomic E-state index is 0.0635. The Morgan fingerprint density at radius 1 is 1.39 bits per heavy atom. The average Bonchev–Trinajstić information content (AvgIpc) is 3.51. The van der Waals surface area contributed by atoms with Crippen molar-refractivity contribution in [3.8, 4) is 17.6 Å². The van der Waals surface area contributed by atoms with E-state index in [0.29, 0.717) is 0 Å². The Hall–Kier alpha value is -3.35. The number of nitro benzene ring substituents is 1. The van der Waals surface area contributed by atoms with Gasteiger partial charge in [0.2, 0.25) is 0 Å². The minimum Gasteiger partial charge on any atom is -0.493 e. The van der Waals surface area contributed by atoms with Gasteiger partial charge >= 0.3 is 5.97 Å². The van der Waals surface area contributed by atoms with E-state index < -0.39 is 34.6 Å². The fourth-order valence-electron chi connectivity index (χ4n) is 2.71. The predicted octanol–water partition coefficient (Wildman–Crippen LogP) is 1.97. The van der Waals surface area contributed by atoms with Crippen molar-refractivity contribution in [2.75, 3.05) is 20.3 Å². The molecule has 28 heavy (non-hydrogen) atoms. The smallest absolute Gasteiger partial charge is 0.345 e. The highest BCUT2D eigenvalue weighted by atomic mass is 16.6. The van der Waals surface area contributed by atoms with Crippen molar-refractivity contribution >= 4 is 17.6 Å². The first-order valence-corrected chi connectivity index (χ1v) is 8.64. The van der Waals surface area contributed by atoms with Crippen LogP contribution in [0.5, 0.6) is 11.5 Å². The van der Waals surface area contributed by atoms with Crippen LogP contribution in [0.2, 0.25) is 0 Å². The summed E-state index contributed by atoms with van der Waals surface area (Å²) in [7, 11) is 1.33. The summed E-state index contributed by atoms with van der Waals surface area (Å²) in [5.41, 5.74) is -1.93. The lowest BCUT2D eigenvalue weighted by Crippen LogP contribution is -2.48. The van der Waals surface area contributed by atoms with Crippen LogP contribution in [-0.4, -0.2) is 42.7 Å². The third-order valence-electron chi connectivity index (χ3n) is 4.36. The van der Waals surface area contributed by atoms with Gasteiger partial charge in [-0.05, 0) is 32.6 Å². The van der Waals surface area contributed by atoms with Crippen LogP contribution in [0.3, 0.4) is 0 Å². The normalized spacial score (nSPS) is 14.9. The summed E-state index contributed by atoms with van der Waals surface area (Å²) in [6.07, 6.45) is 1.67. The zero-order valence-corrected chi connectivity index (χ0v) is 15.8. The van der Waals surface area contributed by atoms with Crippen molar-refractivity contribution in [1.29, 1.82) is 5.26 Å². The molecule has 1 aromatic carbocycles. The lowest BCUT2D eigenvalue weighted by Gasteiger charge is -2.22. The van der Waals surface area contributed by atoms with Crippen LogP contribution < -0.4 is 14.8 Å². The topological polar surface area (TPSA) is 141 Å². The first-order chi connectivity index (χ1) is 13.3. The average molecular weight is 391 g/mol. The molecule has 1 N–H and O–H groups in total. The van der Waals surface area contributed by atoms with Gasteiger partial charge in [-0.1, -0.05) is 0 Å². The molecule has 1 aliphatic carbocycles. The van der Waals surface area contributed by atoms with E-state index in [0.717, 1.165) is 25.0 Å². The first kappa shape index (κ1) is 21.0. The number of methoxy groups -OCH3 is 1. The van der Waals surface area contributed by atoms with Crippen LogP contribution >= 0.6 is 0 Å². The SMILES string of the molecule is CCOc1cc([N+](=O)[O-])c(C(=O)OCC(=O)N[C@@](C)(C#N)C2CC2)cc1OC. The Morgan fingerprint density at radius 3 is 2.57 bits per heavy atom. The van der Waals surface area contributed by atoms with E-state index in [9.17, 15) is 25.0 Å². The molecule has 0 unspecified atom stereocenters. The summed E-state index contributed by atoms with van der Waals surface area (Å²) in [6.45, 7) is 2.88. The van der Waals surface area contributed by atoms with Crippen LogP contribution in [-0.2, 0) is 9.53 Å². The molecule has 1 aromatic rings. The number of hydrogen-bond donors (Lipinski definition) is 1. The summed E-state index contributed by atoms with van der Waals surface area (Å²) in [4.78, 5) is 34.9. The molecule has 0 spiro atoms. The molecule has 1 atom stereocenters. The molecular formula is C18H21N3O7. The Kier molecular flexibility index (Phi) is 6.41. The van der Waals surface area contributed by atoms with Crippen LogP contribution in [0, 0.1) is 27.4 Å². The first-order valence-electron chi connectivity index (χ1n) is 8.64. The largest absolute Gasteiger partial charge is 0.493 e. The van der Waals surface area contributed by atoms with Gasteiger partial charge in [0.05, 0.1) is 30.8 Å². The van der Waals surface area contributed by atoms with Gasteiger partial charge in [0.25, 0.3) is 11.6 Å². The van der Waals surface area contributed by atoms with Crippen LogP contribution in [0.1, 0.15) is 37.0 Å². The lowest BCUT2D eigenvalue weighted by atomic mass is 9.98. The number of nitriles is 1. The number of hydrogen-bond acceptors (Lipinski definition) is 8. The maximum atomic E-state index is 12.3. The number of nitrogens with one attached hydrogen (secondary N) is 1. The van der Waals surface area contributed by atoms with Gasteiger partial charge in [-0.15, -0.1) is 0 Å². The van der Waals surface area contributed by atoms with Gasteiger partial charge < -0.3 is 19.5 Å². The number of carbonyl (C=O) groups is 2. The van der Waals surface area contributed by atoms with Crippen LogP contribution in [0.4, 0.5) is 5.69 Å². The number of nitro groups is 1. The standard InChI is InChI=1S/C18H21N3O7/c1-4-27-15-8-13(21(24)25)12(7-14(15)26-3)17(23)28-9-16(22)20-18(2,10-19)11-5-6-11/h7-8,11H,4-6,9H2,1-3H3,(H,20,22)/t18-/m0/s1. The summed E-state index contributed by atoms with van der Waals surface area (Å²) >= 11 is 0. The molecule has 1 fully saturated rings. The number of amides is 1. The molecule has 0 radical (unpaired) electrons. The van der Waals surface area contributed by atoms with Gasteiger partial charge in [0, 0.05) is 6.07 Å². The van der Waals surface area contributed by atoms with Gasteiger partial charge in [0.1, 0.15) is 11.1 Å². The quantitative estimate of drug-likeness (QED) is 0.383. The highest BCUT2D eigenvalue weighted by molar-refractivity contribution is 5.96. The van der Waals surface area contributed by atoms with Crippen LogP contribution in [0.15, 0.2) is 12.1 Å². The molecule has 0 aromatic heterocycles. The molecule has 2 rings (SSSR count). The number of benzene rings is 1. The Labute approximate surface area is 161 Å². The lowest BCUT2D eigenvalue weighted by molar-refractivity contribution is -0.385. The van der Waals surface area contributed by atoms with E-state index in [1.165, 1.54) is 7.11 Å². The molecule has 150 valence electrons. The molecule has 1 aliphatic rings. The highest BCUT2D eigenvalue weighted by Crippen LogP contribution is 2.39. The summed E-state index contributed by atoms with van der Waals surface area (Å²) in [6, 6.07) is 4.26. The summed E-state index contributed by atoms with van der Waals surface area (Å²) in [5, 5.41) is 23.1. The zero-order chi connectivity index (χ0) is 20.9. The second-order valence-electron chi connectivity index (χ2n) is 6.42. The van der Waals surface area contributed by atoms with E-state index >= 15 is 0 Å². The van der Waals surface area contributed by atoms with E-state index in [1.807, 2.05) is 0 Å². The van der Waals surface area contributed by atoms with Crippen molar-refractivity contribution in [3.05, 3.63) is 27.8 Å². The van der Waals surface area contributed by atoms with E-state index in [-0.39, 0.29) is 29.6 Å². The fraction of sp³-hybridized carbons (Fsp3) is 0.500. The fourth-order valence-corrected chi connectivity index (χ4v) is 2.71. The number of nitrogens with zero attached hydrogens (tertiary/aromatic N) is 2. The Bertz CT molecular complexity index is 829. The third kappa shape index (κ3) is 4.68. The van der Waals surface area contributed by atoms with Crippen molar-refractivity contribution in [3.63, 3.8) is 0 Å². The molecule has 0 aliphatic heterocycles. The number of esters is 1. The minimum atomic E-state index is -1.06. The van der Waals surface area contributed by atoms with Gasteiger partial charge in [-0.2, -0.15) is 5.26 Å². The van der Waals surface area contributed by atoms with Crippen molar-refractivity contribution < 1.29 is 28.7 Å².